The second-order valence-electron chi connectivity index (χ2n) is 5.27. The van der Waals surface area contributed by atoms with Crippen LogP contribution in [0.4, 0.5) is 0 Å². The Labute approximate surface area is 128 Å². The van der Waals surface area contributed by atoms with Crippen LogP contribution in [0.5, 0.6) is 11.8 Å². The van der Waals surface area contributed by atoms with Gasteiger partial charge in [0.2, 0.25) is 11.7 Å². The Morgan fingerprint density at radius 1 is 1.09 bits per heavy atom. The molecule has 0 aliphatic heterocycles. The molecule has 6 heteroatoms. The first kappa shape index (κ1) is 14.2. The fraction of sp³-hybridized carbons (Fsp3) is 0.250. The maximum absolute atomic E-state index is 5.54. The second kappa shape index (κ2) is 6.34. The van der Waals surface area contributed by atoms with Gasteiger partial charge >= 0.3 is 6.01 Å². The summed E-state index contributed by atoms with van der Waals surface area (Å²) in [5.74, 6) is 2.37. The van der Waals surface area contributed by atoms with Gasteiger partial charge < -0.3 is 9.26 Å². The highest BCUT2D eigenvalue weighted by Crippen LogP contribution is 2.22. The Bertz CT molecular complexity index is 723. The second-order valence-corrected chi connectivity index (χ2v) is 5.27. The Balaban J connectivity index is 1.72. The molecule has 0 bridgehead atoms. The van der Waals surface area contributed by atoms with Gasteiger partial charge in [-0.05, 0) is 36.2 Å². The predicted molar refractivity (Wildman–Crippen MR) is 80.4 cm³/mol. The third-order valence-electron chi connectivity index (χ3n) is 2.91. The number of benzene rings is 1. The van der Waals surface area contributed by atoms with E-state index in [4.69, 9.17) is 9.26 Å². The van der Waals surface area contributed by atoms with Crippen molar-refractivity contribution in [1.82, 2.24) is 20.1 Å². The lowest BCUT2D eigenvalue weighted by Gasteiger charge is -2.03. The van der Waals surface area contributed by atoms with Gasteiger partial charge in [-0.1, -0.05) is 19.0 Å². The number of nitrogens with zero attached hydrogens (tertiary/aromatic N) is 4. The molecular formula is C16H16N4O2. The predicted octanol–water partition coefficient (Wildman–Crippen LogP) is 3.52. The van der Waals surface area contributed by atoms with E-state index < -0.39 is 0 Å². The molecule has 0 atom stereocenters. The van der Waals surface area contributed by atoms with Crippen LogP contribution in [0.1, 0.15) is 19.7 Å². The standard InChI is InChI=1S/C16H16N4O2/c1-11(2)10-14-19-15(20-22-14)12-4-6-13(7-5-12)21-16-17-8-3-9-18-16/h3-9,11H,10H2,1-2H3. The van der Waals surface area contributed by atoms with Crippen LogP contribution in [0.2, 0.25) is 0 Å². The van der Waals surface area contributed by atoms with Gasteiger partial charge in [0.15, 0.2) is 0 Å². The van der Waals surface area contributed by atoms with Crippen LogP contribution < -0.4 is 4.74 Å². The molecule has 22 heavy (non-hydrogen) atoms. The molecule has 0 unspecified atom stereocenters. The zero-order valence-corrected chi connectivity index (χ0v) is 12.4. The van der Waals surface area contributed by atoms with Gasteiger partial charge in [0, 0.05) is 24.4 Å². The zero-order chi connectivity index (χ0) is 15.4. The largest absolute Gasteiger partial charge is 0.424 e. The smallest absolute Gasteiger partial charge is 0.321 e. The van der Waals surface area contributed by atoms with E-state index in [1.165, 1.54) is 0 Å². The minimum absolute atomic E-state index is 0.314. The first-order valence-corrected chi connectivity index (χ1v) is 7.08. The van der Waals surface area contributed by atoms with E-state index in [1.807, 2.05) is 24.3 Å². The van der Waals surface area contributed by atoms with Crippen molar-refractivity contribution >= 4 is 0 Å². The van der Waals surface area contributed by atoms with Crippen molar-refractivity contribution in [2.24, 2.45) is 5.92 Å². The summed E-state index contributed by atoms with van der Waals surface area (Å²) < 4.78 is 10.8. The molecule has 0 saturated carbocycles. The molecule has 2 heterocycles. The van der Waals surface area contributed by atoms with Crippen molar-refractivity contribution in [3.05, 3.63) is 48.6 Å². The van der Waals surface area contributed by atoms with Crippen LogP contribution in [0.25, 0.3) is 11.4 Å². The summed E-state index contributed by atoms with van der Waals surface area (Å²) in [6, 6.07) is 9.45. The van der Waals surface area contributed by atoms with Crippen molar-refractivity contribution in [1.29, 1.82) is 0 Å². The average molecular weight is 296 g/mol. The summed E-state index contributed by atoms with van der Waals surface area (Å²) in [7, 11) is 0. The summed E-state index contributed by atoms with van der Waals surface area (Å²) in [4.78, 5) is 12.4. The van der Waals surface area contributed by atoms with E-state index in [2.05, 4.69) is 34.0 Å². The number of hydrogen-bond donors (Lipinski definition) is 0. The molecule has 3 rings (SSSR count). The molecule has 0 amide bonds. The number of rotatable bonds is 5. The summed E-state index contributed by atoms with van der Waals surface area (Å²) in [6.07, 6.45) is 4.04. The molecule has 0 saturated heterocycles. The van der Waals surface area contributed by atoms with Crippen molar-refractivity contribution in [3.8, 4) is 23.1 Å². The van der Waals surface area contributed by atoms with E-state index in [9.17, 15) is 0 Å². The van der Waals surface area contributed by atoms with E-state index >= 15 is 0 Å². The summed E-state index contributed by atoms with van der Waals surface area (Å²) in [5, 5.41) is 4.00. The van der Waals surface area contributed by atoms with Crippen LogP contribution in [0.15, 0.2) is 47.2 Å². The SMILES string of the molecule is CC(C)Cc1nc(-c2ccc(Oc3ncccn3)cc2)no1. The van der Waals surface area contributed by atoms with Gasteiger partial charge in [-0.25, -0.2) is 9.97 Å². The molecule has 6 nitrogen and oxygen atoms in total. The summed E-state index contributed by atoms with van der Waals surface area (Å²) >= 11 is 0. The third kappa shape index (κ3) is 3.46. The minimum atomic E-state index is 0.314. The number of aromatic nitrogens is 4. The molecular weight excluding hydrogens is 280 g/mol. The topological polar surface area (TPSA) is 73.9 Å². The maximum atomic E-state index is 5.54. The molecule has 1 aromatic carbocycles. The molecule has 2 aromatic heterocycles. The highest BCUT2D eigenvalue weighted by atomic mass is 16.5. The fourth-order valence-corrected chi connectivity index (χ4v) is 1.92. The molecule has 0 aliphatic rings. The Hall–Kier alpha value is -2.76. The van der Waals surface area contributed by atoms with Crippen molar-refractivity contribution < 1.29 is 9.26 Å². The first-order valence-electron chi connectivity index (χ1n) is 7.08. The van der Waals surface area contributed by atoms with Gasteiger partial charge in [0.1, 0.15) is 5.75 Å². The fourth-order valence-electron chi connectivity index (χ4n) is 1.92. The van der Waals surface area contributed by atoms with Crippen LogP contribution >= 0.6 is 0 Å². The molecule has 0 N–H and O–H groups in total. The lowest BCUT2D eigenvalue weighted by molar-refractivity contribution is 0.363. The van der Waals surface area contributed by atoms with Crippen molar-refractivity contribution in [2.45, 2.75) is 20.3 Å². The molecule has 3 aromatic rings. The van der Waals surface area contributed by atoms with Gasteiger partial charge in [0.05, 0.1) is 0 Å². The zero-order valence-electron chi connectivity index (χ0n) is 12.4. The monoisotopic (exact) mass is 296 g/mol. The summed E-state index contributed by atoms with van der Waals surface area (Å²) in [5.41, 5.74) is 0.875. The molecule has 0 aliphatic carbocycles. The lowest BCUT2D eigenvalue weighted by atomic mass is 10.1. The van der Waals surface area contributed by atoms with Crippen LogP contribution in [0.3, 0.4) is 0 Å². The third-order valence-corrected chi connectivity index (χ3v) is 2.91. The normalized spacial score (nSPS) is 10.9. The minimum Gasteiger partial charge on any atom is -0.424 e. The molecule has 0 spiro atoms. The molecule has 0 fully saturated rings. The number of hydrogen-bond acceptors (Lipinski definition) is 6. The van der Waals surface area contributed by atoms with Gasteiger partial charge in [-0.3, -0.25) is 0 Å². The average Bonchev–Trinajstić information content (AvgIpc) is 2.97. The maximum Gasteiger partial charge on any atom is 0.321 e. The van der Waals surface area contributed by atoms with E-state index in [1.54, 1.807) is 18.5 Å². The Morgan fingerprint density at radius 3 is 2.50 bits per heavy atom. The van der Waals surface area contributed by atoms with Gasteiger partial charge in [0.25, 0.3) is 0 Å². The van der Waals surface area contributed by atoms with E-state index in [-0.39, 0.29) is 0 Å². The highest BCUT2D eigenvalue weighted by molar-refractivity contribution is 5.55. The quantitative estimate of drug-likeness (QED) is 0.717. The number of ether oxygens (including phenoxy) is 1. The molecule has 112 valence electrons. The summed E-state index contributed by atoms with van der Waals surface area (Å²) in [6.45, 7) is 4.23. The Morgan fingerprint density at radius 2 is 1.82 bits per heavy atom. The molecule has 0 radical (unpaired) electrons. The highest BCUT2D eigenvalue weighted by Gasteiger charge is 2.10. The van der Waals surface area contributed by atoms with Gasteiger partial charge in [-0.2, -0.15) is 4.98 Å². The van der Waals surface area contributed by atoms with Crippen LogP contribution in [0, 0.1) is 5.92 Å². The van der Waals surface area contributed by atoms with Crippen LogP contribution in [-0.4, -0.2) is 20.1 Å². The lowest BCUT2D eigenvalue weighted by Crippen LogP contribution is -1.93. The van der Waals surface area contributed by atoms with E-state index in [0.29, 0.717) is 29.4 Å². The Kier molecular flexibility index (Phi) is 4.09. The van der Waals surface area contributed by atoms with Gasteiger partial charge in [-0.15, -0.1) is 0 Å². The first-order chi connectivity index (χ1) is 10.7. The van der Waals surface area contributed by atoms with E-state index in [0.717, 1.165) is 12.0 Å². The van der Waals surface area contributed by atoms with Crippen molar-refractivity contribution in [3.63, 3.8) is 0 Å². The van der Waals surface area contributed by atoms with Crippen molar-refractivity contribution in [2.75, 3.05) is 0 Å². The van der Waals surface area contributed by atoms with Crippen LogP contribution in [-0.2, 0) is 6.42 Å².